The zero-order chi connectivity index (χ0) is 15.2. The number of nitrogens with one attached hydrogen (secondary N) is 1. The van der Waals surface area contributed by atoms with E-state index in [4.69, 9.17) is 11.6 Å². The molecule has 1 aromatic heterocycles. The number of rotatable bonds is 7. The Kier molecular flexibility index (Phi) is 6.21. The first-order chi connectivity index (χ1) is 10.2. The van der Waals surface area contributed by atoms with E-state index in [-0.39, 0.29) is 6.04 Å². The van der Waals surface area contributed by atoms with Gasteiger partial charge in [-0.15, -0.1) is 0 Å². The number of likely N-dealkylation sites (N-methyl/N-ethyl adjacent to an activating group) is 1. The van der Waals surface area contributed by atoms with Crippen molar-refractivity contribution in [3.05, 3.63) is 45.4 Å². The van der Waals surface area contributed by atoms with Crippen molar-refractivity contribution in [3.63, 3.8) is 0 Å². The van der Waals surface area contributed by atoms with Crippen LogP contribution in [0.3, 0.4) is 0 Å². The van der Waals surface area contributed by atoms with E-state index in [1.807, 2.05) is 16.8 Å². The van der Waals surface area contributed by atoms with Crippen molar-refractivity contribution in [2.24, 2.45) is 0 Å². The van der Waals surface area contributed by atoms with Gasteiger partial charge in [0.1, 0.15) is 12.2 Å². The number of hydrogen-bond donors (Lipinski definition) is 1. The third-order valence-electron chi connectivity index (χ3n) is 3.33. The molecule has 0 spiro atoms. The summed E-state index contributed by atoms with van der Waals surface area (Å²) in [4.78, 5) is 4.39. The minimum absolute atomic E-state index is 0.125. The maximum atomic E-state index is 6.44. The lowest BCUT2D eigenvalue weighted by molar-refractivity contribution is 0.498. The maximum absolute atomic E-state index is 6.44. The molecule has 1 heterocycles. The van der Waals surface area contributed by atoms with Gasteiger partial charge in [-0.2, -0.15) is 5.10 Å². The largest absolute Gasteiger partial charge is 0.310 e. The molecule has 1 unspecified atom stereocenters. The number of aromatic nitrogens is 3. The first kappa shape index (κ1) is 16.5. The van der Waals surface area contributed by atoms with Crippen LogP contribution in [0.4, 0.5) is 0 Å². The van der Waals surface area contributed by atoms with Gasteiger partial charge in [0.25, 0.3) is 0 Å². The Bertz CT molecular complexity index is 585. The molecular weight excluding hydrogens is 352 g/mol. The lowest BCUT2D eigenvalue weighted by atomic mass is 10.0. The highest BCUT2D eigenvalue weighted by atomic mass is 79.9. The third-order valence-corrected chi connectivity index (χ3v) is 4.64. The van der Waals surface area contributed by atoms with Crippen molar-refractivity contribution >= 4 is 27.5 Å². The molecule has 0 saturated heterocycles. The fraction of sp³-hybridized carbons (Fsp3) is 0.467. The highest BCUT2D eigenvalue weighted by Gasteiger charge is 2.18. The second-order valence-electron chi connectivity index (χ2n) is 4.86. The molecule has 4 nitrogen and oxygen atoms in total. The molecule has 114 valence electrons. The van der Waals surface area contributed by atoms with E-state index < -0.39 is 0 Å². The average Bonchev–Trinajstić information content (AvgIpc) is 2.89. The van der Waals surface area contributed by atoms with E-state index in [1.54, 1.807) is 6.33 Å². The molecule has 0 fully saturated rings. The van der Waals surface area contributed by atoms with Crippen molar-refractivity contribution in [1.82, 2.24) is 20.1 Å². The van der Waals surface area contributed by atoms with Crippen LogP contribution >= 0.6 is 27.5 Å². The van der Waals surface area contributed by atoms with Crippen LogP contribution in [0.25, 0.3) is 0 Å². The van der Waals surface area contributed by atoms with E-state index in [2.05, 4.69) is 51.2 Å². The molecule has 1 atom stereocenters. The quantitative estimate of drug-likeness (QED) is 0.800. The fourth-order valence-corrected chi connectivity index (χ4v) is 2.99. The zero-order valence-electron chi connectivity index (χ0n) is 12.3. The summed E-state index contributed by atoms with van der Waals surface area (Å²) in [7, 11) is 0. The molecule has 0 aliphatic rings. The summed E-state index contributed by atoms with van der Waals surface area (Å²) in [6, 6.07) is 6.14. The third kappa shape index (κ3) is 4.05. The Morgan fingerprint density at radius 3 is 2.90 bits per heavy atom. The number of benzene rings is 1. The van der Waals surface area contributed by atoms with Crippen LogP contribution < -0.4 is 5.32 Å². The van der Waals surface area contributed by atoms with Crippen molar-refractivity contribution in [3.8, 4) is 0 Å². The first-order valence-corrected chi connectivity index (χ1v) is 8.38. The van der Waals surface area contributed by atoms with Crippen LogP contribution in [-0.2, 0) is 13.0 Å². The molecular formula is C15H20BrClN4. The van der Waals surface area contributed by atoms with Crippen LogP contribution in [0.15, 0.2) is 29.0 Å². The average molecular weight is 372 g/mol. The topological polar surface area (TPSA) is 42.7 Å². The lowest BCUT2D eigenvalue weighted by Crippen LogP contribution is -2.25. The van der Waals surface area contributed by atoms with E-state index in [0.29, 0.717) is 0 Å². The number of halogens is 2. The van der Waals surface area contributed by atoms with Gasteiger partial charge in [-0.1, -0.05) is 37.6 Å². The predicted octanol–water partition coefficient (Wildman–Crippen LogP) is 4.00. The van der Waals surface area contributed by atoms with Crippen LogP contribution in [0.5, 0.6) is 0 Å². The standard InChI is InChI=1S/C15H20BrClN4/c1-3-8-21-14(19-10-20-21)9-13(18-4-2)11-6-5-7-12(16)15(11)17/h5-7,10,13,18H,3-4,8-9H2,1-2H3. The summed E-state index contributed by atoms with van der Waals surface area (Å²) in [6.45, 7) is 5.99. The lowest BCUT2D eigenvalue weighted by Gasteiger charge is -2.20. The van der Waals surface area contributed by atoms with Crippen LogP contribution in [0.2, 0.25) is 5.02 Å². The number of hydrogen-bond acceptors (Lipinski definition) is 3. The molecule has 0 amide bonds. The molecule has 2 rings (SSSR count). The molecule has 1 aromatic carbocycles. The van der Waals surface area contributed by atoms with Crippen LogP contribution in [0.1, 0.15) is 37.7 Å². The second-order valence-corrected chi connectivity index (χ2v) is 6.09. The SMILES string of the molecule is CCCn1ncnc1CC(NCC)c1cccc(Br)c1Cl. The molecule has 0 aliphatic heterocycles. The Morgan fingerprint density at radius 2 is 2.19 bits per heavy atom. The van der Waals surface area contributed by atoms with E-state index in [1.165, 1.54) is 0 Å². The Hall–Kier alpha value is -0.910. The summed E-state index contributed by atoms with van der Waals surface area (Å²) in [5, 5.41) is 8.53. The van der Waals surface area contributed by atoms with Gasteiger partial charge in [-0.3, -0.25) is 4.68 Å². The summed E-state index contributed by atoms with van der Waals surface area (Å²) in [5.74, 6) is 0.985. The number of aryl methyl sites for hydroxylation is 1. The highest BCUT2D eigenvalue weighted by Crippen LogP contribution is 2.31. The van der Waals surface area contributed by atoms with Crippen molar-refractivity contribution in [2.75, 3.05) is 6.54 Å². The van der Waals surface area contributed by atoms with Gasteiger partial charge in [0.15, 0.2) is 0 Å². The Balaban J connectivity index is 2.26. The van der Waals surface area contributed by atoms with Gasteiger partial charge in [-0.25, -0.2) is 4.98 Å². The first-order valence-electron chi connectivity index (χ1n) is 7.21. The number of nitrogens with zero attached hydrogens (tertiary/aromatic N) is 3. The summed E-state index contributed by atoms with van der Waals surface area (Å²) in [6.07, 6.45) is 3.43. The van der Waals surface area contributed by atoms with Crippen molar-refractivity contribution < 1.29 is 0 Å². The van der Waals surface area contributed by atoms with Crippen LogP contribution in [0, 0.1) is 0 Å². The normalized spacial score (nSPS) is 12.6. The van der Waals surface area contributed by atoms with Crippen molar-refractivity contribution in [2.45, 2.75) is 39.3 Å². The Morgan fingerprint density at radius 1 is 1.38 bits per heavy atom. The summed E-state index contributed by atoms with van der Waals surface area (Å²) in [5.41, 5.74) is 1.08. The minimum atomic E-state index is 0.125. The van der Waals surface area contributed by atoms with E-state index in [9.17, 15) is 0 Å². The molecule has 1 N–H and O–H groups in total. The Labute approximate surface area is 139 Å². The van der Waals surface area contributed by atoms with Gasteiger partial charge < -0.3 is 5.32 Å². The van der Waals surface area contributed by atoms with Gasteiger partial charge >= 0.3 is 0 Å². The van der Waals surface area contributed by atoms with Gasteiger partial charge in [0, 0.05) is 23.5 Å². The molecule has 0 radical (unpaired) electrons. The fourth-order valence-electron chi connectivity index (χ4n) is 2.36. The molecule has 21 heavy (non-hydrogen) atoms. The molecule has 0 saturated carbocycles. The molecule has 0 aliphatic carbocycles. The van der Waals surface area contributed by atoms with Gasteiger partial charge in [0.05, 0.1) is 5.02 Å². The van der Waals surface area contributed by atoms with Crippen molar-refractivity contribution in [1.29, 1.82) is 0 Å². The van der Waals surface area contributed by atoms with Gasteiger partial charge in [0.2, 0.25) is 0 Å². The predicted molar refractivity (Wildman–Crippen MR) is 89.6 cm³/mol. The molecule has 6 heteroatoms. The molecule has 2 aromatic rings. The monoisotopic (exact) mass is 370 g/mol. The van der Waals surface area contributed by atoms with Crippen LogP contribution in [-0.4, -0.2) is 21.3 Å². The summed E-state index contributed by atoms with van der Waals surface area (Å²) >= 11 is 9.92. The van der Waals surface area contributed by atoms with Gasteiger partial charge in [-0.05, 0) is 40.5 Å². The molecule has 0 bridgehead atoms. The smallest absolute Gasteiger partial charge is 0.138 e. The zero-order valence-corrected chi connectivity index (χ0v) is 14.7. The highest BCUT2D eigenvalue weighted by molar-refractivity contribution is 9.10. The maximum Gasteiger partial charge on any atom is 0.138 e. The minimum Gasteiger partial charge on any atom is -0.310 e. The summed E-state index contributed by atoms with van der Waals surface area (Å²) < 4.78 is 2.88. The second kappa shape index (κ2) is 7.92. The van der Waals surface area contributed by atoms with E-state index in [0.717, 1.165) is 46.8 Å². The van der Waals surface area contributed by atoms with E-state index >= 15 is 0 Å².